The fourth-order valence-electron chi connectivity index (χ4n) is 4.39. The Morgan fingerprint density at radius 3 is 2.41 bits per heavy atom. The van der Waals surface area contributed by atoms with E-state index in [1.165, 1.54) is 5.56 Å². The number of amides is 1. The molecule has 0 spiro atoms. The number of carbonyl (C=O) groups is 1. The number of benzene rings is 3. The third-order valence-electron chi connectivity index (χ3n) is 6.11. The number of nitrogens with zero attached hydrogens (tertiary/aromatic N) is 3. The molecule has 1 aliphatic heterocycles. The molecule has 1 saturated heterocycles. The first kappa shape index (κ1) is 22.7. The van der Waals surface area contributed by atoms with Crippen molar-refractivity contribution in [3.63, 3.8) is 0 Å². The summed E-state index contributed by atoms with van der Waals surface area (Å²) in [5.74, 6) is -0.289. The summed E-state index contributed by atoms with van der Waals surface area (Å²) in [5, 5.41) is 4.86. The number of pyridine rings is 1. The van der Waals surface area contributed by atoms with E-state index in [1.54, 1.807) is 24.4 Å². The monoisotopic (exact) mass is 490 g/mol. The second-order valence-electron chi connectivity index (χ2n) is 8.36. The Labute approximate surface area is 208 Å². The summed E-state index contributed by atoms with van der Waals surface area (Å²) in [6.45, 7) is 4.51. The molecule has 1 aromatic heterocycles. The molecule has 1 aliphatic rings. The Morgan fingerprint density at radius 2 is 1.65 bits per heavy atom. The van der Waals surface area contributed by atoms with E-state index >= 15 is 0 Å². The Balaban J connectivity index is 1.41. The number of halogens is 2. The van der Waals surface area contributed by atoms with E-state index < -0.39 is 0 Å². The molecular weight excluding hydrogens is 467 g/mol. The minimum Gasteiger partial charge on any atom is -0.367 e. The zero-order chi connectivity index (χ0) is 23.5. The van der Waals surface area contributed by atoms with Crippen LogP contribution in [0.15, 0.2) is 79.0 Å². The number of aromatic nitrogens is 1. The molecule has 3 aromatic carbocycles. The van der Waals surface area contributed by atoms with E-state index in [2.05, 4.69) is 50.4 Å². The van der Waals surface area contributed by atoms with E-state index in [1.807, 2.05) is 24.3 Å². The zero-order valence-electron chi connectivity index (χ0n) is 18.5. The molecule has 0 atom stereocenters. The highest BCUT2D eigenvalue weighted by Crippen LogP contribution is 2.35. The Bertz CT molecular complexity index is 1320. The van der Waals surface area contributed by atoms with Crippen LogP contribution in [0.3, 0.4) is 0 Å². The minimum absolute atomic E-state index is 0.289. The van der Waals surface area contributed by atoms with Crippen molar-refractivity contribution in [3.8, 4) is 0 Å². The van der Waals surface area contributed by atoms with Gasteiger partial charge in [-0.05, 0) is 29.8 Å². The van der Waals surface area contributed by atoms with Crippen molar-refractivity contribution in [2.75, 3.05) is 36.4 Å². The predicted octanol–water partition coefficient (Wildman–Crippen LogP) is 6.12. The Hall–Kier alpha value is -3.12. The van der Waals surface area contributed by atoms with Gasteiger partial charge in [-0.15, -0.1) is 0 Å². The molecule has 0 radical (unpaired) electrons. The number of hydrogen-bond donors (Lipinski definition) is 1. The van der Waals surface area contributed by atoms with Gasteiger partial charge < -0.3 is 10.2 Å². The molecule has 172 valence electrons. The molecule has 0 bridgehead atoms. The highest BCUT2D eigenvalue weighted by atomic mass is 35.5. The fourth-order valence-corrected chi connectivity index (χ4v) is 4.89. The molecule has 2 heterocycles. The van der Waals surface area contributed by atoms with E-state index in [0.717, 1.165) is 49.3 Å². The highest BCUT2D eigenvalue weighted by molar-refractivity contribution is 6.37. The molecule has 0 unspecified atom stereocenters. The summed E-state index contributed by atoms with van der Waals surface area (Å²) in [7, 11) is 0. The van der Waals surface area contributed by atoms with E-state index in [4.69, 9.17) is 23.2 Å². The summed E-state index contributed by atoms with van der Waals surface area (Å²) >= 11 is 12.3. The van der Waals surface area contributed by atoms with Gasteiger partial charge in [0.15, 0.2) is 0 Å². The quantitative estimate of drug-likeness (QED) is 0.366. The van der Waals surface area contributed by atoms with E-state index in [0.29, 0.717) is 21.3 Å². The zero-order valence-corrected chi connectivity index (χ0v) is 20.1. The highest BCUT2D eigenvalue weighted by Gasteiger charge is 2.23. The lowest BCUT2D eigenvalue weighted by Crippen LogP contribution is -2.46. The van der Waals surface area contributed by atoms with Crippen LogP contribution < -0.4 is 10.2 Å². The van der Waals surface area contributed by atoms with Gasteiger partial charge in [0.1, 0.15) is 0 Å². The van der Waals surface area contributed by atoms with Crippen molar-refractivity contribution < 1.29 is 4.79 Å². The van der Waals surface area contributed by atoms with Crippen LogP contribution in [0.4, 0.5) is 11.4 Å². The number of rotatable bonds is 5. The second-order valence-corrected chi connectivity index (χ2v) is 9.21. The molecule has 4 aromatic rings. The van der Waals surface area contributed by atoms with Crippen LogP contribution in [0, 0.1) is 0 Å². The summed E-state index contributed by atoms with van der Waals surface area (Å²) in [4.78, 5) is 22.5. The number of nitrogens with one attached hydrogen (secondary N) is 1. The third-order valence-corrected chi connectivity index (χ3v) is 6.66. The molecule has 34 heavy (non-hydrogen) atoms. The first-order valence-electron chi connectivity index (χ1n) is 11.2. The lowest BCUT2D eigenvalue weighted by Gasteiger charge is -2.37. The molecule has 1 N–H and O–H groups in total. The number of fused-ring (bicyclic) bond motifs is 1. The first-order valence-corrected chi connectivity index (χ1v) is 12.0. The Morgan fingerprint density at radius 1 is 0.912 bits per heavy atom. The van der Waals surface area contributed by atoms with Crippen LogP contribution in [0.2, 0.25) is 10.0 Å². The number of carbonyl (C=O) groups excluding carboxylic acids is 1. The topological polar surface area (TPSA) is 48.5 Å². The van der Waals surface area contributed by atoms with Gasteiger partial charge in [-0.25, -0.2) is 0 Å². The van der Waals surface area contributed by atoms with Gasteiger partial charge in [-0.2, -0.15) is 0 Å². The minimum atomic E-state index is -0.289. The van der Waals surface area contributed by atoms with Gasteiger partial charge in [-0.1, -0.05) is 71.7 Å². The molecule has 1 amide bonds. The number of para-hydroxylation sites is 1. The van der Waals surface area contributed by atoms with Crippen LogP contribution >= 0.6 is 23.2 Å². The van der Waals surface area contributed by atoms with Gasteiger partial charge >= 0.3 is 0 Å². The summed E-state index contributed by atoms with van der Waals surface area (Å²) < 4.78 is 0. The molecule has 1 fully saturated rings. The van der Waals surface area contributed by atoms with Crippen LogP contribution in [0.25, 0.3) is 10.9 Å². The van der Waals surface area contributed by atoms with Gasteiger partial charge in [0.2, 0.25) is 0 Å². The Kier molecular flexibility index (Phi) is 6.68. The predicted molar refractivity (Wildman–Crippen MR) is 140 cm³/mol. The van der Waals surface area contributed by atoms with Gasteiger partial charge in [0.05, 0.1) is 33.7 Å². The van der Waals surface area contributed by atoms with Crippen molar-refractivity contribution in [1.29, 1.82) is 0 Å². The van der Waals surface area contributed by atoms with Crippen molar-refractivity contribution >= 4 is 51.4 Å². The molecule has 5 rings (SSSR count). The van der Waals surface area contributed by atoms with Crippen molar-refractivity contribution in [3.05, 3.63) is 100 Å². The van der Waals surface area contributed by atoms with Gasteiger partial charge in [0, 0.05) is 43.1 Å². The summed E-state index contributed by atoms with van der Waals surface area (Å²) in [6.07, 6.45) is 1.73. The van der Waals surface area contributed by atoms with E-state index in [-0.39, 0.29) is 5.91 Å². The normalized spacial score (nSPS) is 14.4. The molecule has 0 saturated carbocycles. The lowest BCUT2D eigenvalue weighted by atomic mass is 10.1. The van der Waals surface area contributed by atoms with Crippen molar-refractivity contribution in [1.82, 2.24) is 9.88 Å². The van der Waals surface area contributed by atoms with Crippen LogP contribution in [-0.4, -0.2) is 42.0 Å². The molecular formula is C27H24Cl2N4O. The number of hydrogen-bond acceptors (Lipinski definition) is 4. The SMILES string of the molecule is O=C(Nc1cnc2ccccc2c1N1CCN(Cc2ccccc2)CC1)c1ccc(Cl)cc1Cl. The van der Waals surface area contributed by atoms with Crippen LogP contribution in [0.5, 0.6) is 0 Å². The lowest BCUT2D eigenvalue weighted by molar-refractivity contribution is 0.102. The van der Waals surface area contributed by atoms with Crippen LogP contribution in [-0.2, 0) is 6.54 Å². The average Bonchev–Trinajstić information content (AvgIpc) is 2.85. The van der Waals surface area contributed by atoms with Gasteiger partial charge in [0.25, 0.3) is 5.91 Å². The number of anilines is 2. The fraction of sp³-hybridized carbons (Fsp3) is 0.185. The maximum Gasteiger partial charge on any atom is 0.257 e. The van der Waals surface area contributed by atoms with Gasteiger partial charge in [-0.3, -0.25) is 14.7 Å². The van der Waals surface area contributed by atoms with Crippen LogP contribution in [0.1, 0.15) is 15.9 Å². The molecule has 7 heteroatoms. The second kappa shape index (κ2) is 10.0. The van der Waals surface area contributed by atoms with Crippen molar-refractivity contribution in [2.24, 2.45) is 0 Å². The maximum absolute atomic E-state index is 13.1. The maximum atomic E-state index is 13.1. The average molecular weight is 491 g/mol. The summed E-state index contributed by atoms with van der Waals surface area (Å²) in [6, 6.07) is 23.4. The first-order chi connectivity index (χ1) is 16.6. The van der Waals surface area contributed by atoms with E-state index in [9.17, 15) is 4.79 Å². The number of piperazine rings is 1. The largest absolute Gasteiger partial charge is 0.367 e. The molecule has 0 aliphatic carbocycles. The molecule has 5 nitrogen and oxygen atoms in total. The van der Waals surface area contributed by atoms with Crippen molar-refractivity contribution in [2.45, 2.75) is 6.54 Å². The smallest absolute Gasteiger partial charge is 0.257 e. The summed E-state index contributed by atoms with van der Waals surface area (Å²) in [5.41, 5.74) is 4.25. The third kappa shape index (κ3) is 4.87. The standard InChI is InChI=1S/C27H24Cl2N4O/c28-20-10-11-21(23(29)16-20)27(34)31-25-17-30-24-9-5-4-8-22(24)26(25)33-14-12-32(13-15-33)18-19-6-2-1-3-7-19/h1-11,16-17H,12-15,18H2,(H,31,34).